The lowest BCUT2D eigenvalue weighted by Gasteiger charge is -2.62. The normalized spacial score (nSPS) is 47.0. The Morgan fingerprint density at radius 3 is 2.88 bits per heavy atom. The first-order valence-corrected chi connectivity index (χ1v) is 9.37. The van der Waals surface area contributed by atoms with Crippen LogP contribution in [0.4, 0.5) is 0 Å². The summed E-state index contributed by atoms with van der Waals surface area (Å²) in [5.41, 5.74) is 0.333. The SMILES string of the molecule is CC1CC(O)C23COC(C=C2CO)CC3C12CC(c1ccoc1)OC2=O. The Balaban J connectivity index is 1.61. The van der Waals surface area contributed by atoms with Crippen LogP contribution in [-0.4, -0.2) is 41.6 Å². The second-order valence-electron chi connectivity index (χ2n) is 8.38. The third-order valence-electron chi connectivity index (χ3n) is 7.52. The van der Waals surface area contributed by atoms with E-state index < -0.39 is 16.9 Å². The van der Waals surface area contributed by atoms with E-state index in [1.807, 2.05) is 19.1 Å². The second-order valence-corrected chi connectivity index (χ2v) is 8.38. The van der Waals surface area contributed by atoms with Gasteiger partial charge in [-0.3, -0.25) is 4.79 Å². The molecule has 26 heavy (non-hydrogen) atoms. The van der Waals surface area contributed by atoms with Crippen LogP contribution < -0.4 is 0 Å². The van der Waals surface area contributed by atoms with Crippen LogP contribution in [0.5, 0.6) is 0 Å². The monoisotopic (exact) mass is 360 g/mol. The zero-order chi connectivity index (χ0) is 18.1. The van der Waals surface area contributed by atoms with Crippen molar-refractivity contribution in [3.8, 4) is 0 Å². The molecule has 0 radical (unpaired) electrons. The molecule has 2 aliphatic carbocycles. The summed E-state index contributed by atoms with van der Waals surface area (Å²) in [6.45, 7) is 2.28. The summed E-state index contributed by atoms with van der Waals surface area (Å²) in [4.78, 5) is 13.2. The molecule has 2 spiro atoms. The van der Waals surface area contributed by atoms with Crippen molar-refractivity contribution in [1.29, 1.82) is 0 Å². The molecule has 5 aliphatic rings. The fourth-order valence-electron chi connectivity index (χ4n) is 6.18. The van der Waals surface area contributed by atoms with E-state index in [2.05, 4.69) is 0 Å². The molecule has 0 aromatic carbocycles. The number of hydrogen-bond donors (Lipinski definition) is 2. The van der Waals surface area contributed by atoms with E-state index in [1.54, 1.807) is 12.5 Å². The molecule has 1 saturated carbocycles. The van der Waals surface area contributed by atoms with Crippen LogP contribution in [0.1, 0.15) is 37.9 Å². The van der Waals surface area contributed by atoms with Gasteiger partial charge in [-0.15, -0.1) is 0 Å². The smallest absolute Gasteiger partial charge is 0.313 e. The largest absolute Gasteiger partial charge is 0.472 e. The van der Waals surface area contributed by atoms with Crippen molar-refractivity contribution < 1.29 is 28.9 Å². The van der Waals surface area contributed by atoms with E-state index in [9.17, 15) is 15.0 Å². The number of esters is 1. The van der Waals surface area contributed by atoms with Crippen molar-refractivity contribution >= 4 is 5.97 Å². The van der Waals surface area contributed by atoms with Crippen LogP contribution in [0.15, 0.2) is 34.7 Å². The molecular weight excluding hydrogens is 336 g/mol. The predicted octanol–water partition coefficient (Wildman–Crippen LogP) is 1.98. The molecule has 1 aromatic heterocycles. The molecule has 7 unspecified atom stereocenters. The molecule has 2 saturated heterocycles. The fraction of sp³-hybridized carbons (Fsp3) is 0.650. The van der Waals surface area contributed by atoms with Crippen molar-refractivity contribution in [3.63, 3.8) is 0 Å². The van der Waals surface area contributed by atoms with E-state index in [-0.39, 0.29) is 36.6 Å². The van der Waals surface area contributed by atoms with Crippen LogP contribution >= 0.6 is 0 Å². The lowest BCUT2D eigenvalue weighted by molar-refractivity contribution is -0.213. The van der Waals surface area contributed by atoms with Gasteiger partial charge in [-0.2, -0.15) is 0 Å². The van der Waals surface area contributed by atoms with Crippen LogP contribution in [0, 0.1) is 22.7 Å². The summed E-state index contributed by atoms with van der Waals surface area (Å²) >= 11 is 0. The van der Waals surface area contributed by atoms with Gasteiger partial charge in [-0.05, 0) is 36.3 Å². The minimum Gasteiger partial charge on any atom is -0.472 e. The van der Waals surface area contributed by atoms with Crippen molar-refractivity contribution in [1.82, 2.24) is 0 Å². The molecule has 3 aliphatic heterocycles. The lowest BCUT2D eigenvalue weighted by atomic mass is 9.44. The first-order chi connectivity index (χ1) is 12.5. The summed E-state index contributed by atoms with van der Waals surface area (Å²) < 4.78 is 16.9. The number of hydrogen-bond acceptors (Lipinski definition) is 6. The maximum absolute atomic E-state index is 13.2. The third-order valence-corrected chi connectivity index (χ3v) is 7.52. The van der Waals surface area contributed by atoms with Crippen LogP contribution in [0.2, 0.25) is 0 Å². The summed E-state index contributed by atoms with van der Waals surface area (Å²) in [5.74, 6) is -0.279. The third kappa shape index (κ3) is 1.85. The van der Waals surface area contributed by atoms with Crippen molar-refractivity contribution in [2.75, 3.05) is 13.2 Å². The minimum atomic E-state index is -0.694. The Labute approximate surface area is 151 Å². The Hall–Kier alpha value is -1.63. The van der Waals surface area contributed by atoms with Gasteiger partial charge in [0.1, 0.15) is 6.10 Å². The lowest BCUT2D eigenvalue weighted by Crippen LogP contribution is -2.66. The van der Waals surface area contributed by atoms with Crippen molar-refractivity contribution in [2.24, 2.45) is 22.7 Å². The van der Waals surface area contributed by atoms with E-state index in [0.717, 1.165) is 11.1 Å². The fourth-order valence-corrected chi connectivity index (χ4v) is 6.18. The molecule has 2 bridgehead atoms. The predicted molar refractivity (Wildman–Crippen MR) is 89.8 cm³/mol. The molecule has 6 rings (SSSR count). The number of ether oxygens (including phenoxy) is 2. The second kappa shape index (κ2) is 5.44. The van der Waals surface area contributed by atoms with E-state index in [4.69, 9.17) is 13.9 Å². The Morgan fingerprint density at radius 2 is 2.15 bits per heavy atom. The molecule has 140 valence electrons. The van der Waals surface area contributed by atoms with Gasteiger partial charge in [-0.25, -0.2) is 0 Å². The molecule has 7 atom stereocenters. The van der Waals surface area contributed by atoms with Crippen LogP contribution in [0.25, 0.3) is 0 Å². The number of furan rings is 1. The summed E-state index contributed by atoms with van der Waals surface area (Å²) in [7, 11) is 0. The Bertz CT molecular complexity index is 754. The van der Waals surface area contributed by atoms with Crippen molar-refractivity contribution in [2.45, 2.75) is 44.5 Å². The van der Waals surface area contributed by atoms with Crippen molar-refractivity contribution in [3.05, 3.63) is 35.8 Å². The van der Waals surface area contributed by atoms with Gasteiger partial charge < -0.3 is 24.1 Å². The Kier molecular flexibility index (Phi) is 3.46. The van der Waals surface area contributed by atoms with Gasteiger partial charge >= 0.3 is 5.97 Å². The summed E-state index contributed by atoms with van der Waals surface area (Å²) in [6, 6.07) is 1.84. The van der Waals surface area contributed by atoms with E-state index >= 15 is 0 Å². The first-order valence-electron chi connectivity index (χ1n) is 9.37. The van der Waals surface area contributed by atoms with Gasteiger partial charge in [0.25, 0.3) is 0 Å². The quantitative estimate of drug-likeness (QED) is 0.619. The maximum Gasteiger partial charge on any atom is 0.313 e. The van der Waals surface area contributed by atoms with Crippen LogP contribution in [0.3, 0.4) is 0 Å². The topological polar surface area (TPSA) is 89.1 Å². The standard InChI is InChI=1S/C20H24O6/c1-11-4-17(22)20-10-25-14(5-13(20)8-21)6-16(20)19(11)7-15(26-18(19)23)12-2-3-24-9-12/h2-3,5,9,11,14-17,21-22H,4,6-8,10H2,1H3. The number of carbonyl (C=O) groups is 1. The molecule has 2 N–H and O–H groups in total. The number of cyclic esters (lactones) is 1. The highest BCUT2D eigenvalue weighted by Gasteiger charge is 2.70. The highest BCUT2D eigenvalue weighted by molar-refractivity contribution is 5.81. The molecule has 4 heterocycles. The van der Waals surface area contributed by atoms with Gasteiger partial charge in [0.05, 0.1) is 43.4 Å². The van der Waals surface area contributed by atoms with Gasteiger partial charge in [0.2, 0.25) is 0 Å². The average Bonchev–Trinajstić information content (AvgIpc) is 3.29. The summed E-state index contributed by atoms with van der Waals surface area (Å²) in [5, 5.41) is 21.0. The average molecular weight is 360 g/mol. The molecule has 0 amide bonds. The zero-order valence-electron chi connectivity index (χ0n) is 14.8. The molecule has 6 nitrogen and oxygen atoms in total. The molecule has 1 aromatic rings. The minimum absolute atomic E-state index is 0.00295. The van der Waals surface area contributed by atoms with E-state index in [1.165, 1.54) is 0 Å². The number of rotatable bonds is 2. The number of fused-ring (bicyclic) bond motifs is 1. The molecule has 3 fully saturated rings. The highest BCUT2D eigenvalue weighted by Crippen LogP contribution is 2.67. The zero-order valence-corrected chi connectivity index (χ0v) is 14.8. The number of aliphatic hydroxyl groups excluding tert-OH is 2. The Morgan fingerprint density at radius 1 is 1.31 bits per heavy atom. The summed E-state index contributed by atoms with van der Waals surface area (Å²) in [6.07, 6.45) is 5.86. The number of aliphatic hydroxyl groups is 2. The maximum atomic E-state index is 13.2. The van der Waals surface area contributed by atoms with E-state index in [0.29, 0.717) is 25.9 Å². The van der Waals surface area contributed by atoms with Gasteiger partial charge in [-0.1, -0.05) is 13.0 Å². The first kappa shape index (κ1) is 16.5. The molecular formula is C20H24O6. The van der Waals surface area contributed by atoms with Crippen LogP contribution in [-0.2, 0) is 14.3 Å². The van der Waals surface area contributed by atoms with Gasteiger partial charge in [0, 0.05) is 17.4 Å². The highest BCUT2D eigenvalue weighted by atomic mass is 16.6. The van der Waals surface area contributed by atoms with Gasteiger partial charge in [0.15, 0.2) is 0 Å². The number of carbonyl (C=O) groups excluding carboxylic acids is 1. The molecule has 6 heteroatoms.